The zero-order chi connectivity index (χ0) is 35.7. The van der Waals surface area contributed by atoms with Crippen LogP contribution in [0.15, 0.2) is 107 Å². The molecular weight excluding hydrogens is 693 g/mol. The van der Waals surface area contributed by atoms with Gasteiger partial charge in [0.15, 0.2) is 9.84 Å². The summed E-state index contributed by atoms with van der Waals surface area (Å²) in [5, 5.41) is 19.3. The fourth-order valence-corrected chi connectivity index (χ4v) is 11.9. The van der Waals surface area contributed by atoms with Crippen LogP contribution in [-0.4, -0.2) is 79.6 Å². The minimum Gasteiger partial charge on any atom is -0.478 e. The Hall–Kier alpha value is -4.41. The molecule has 5 rings (SSSR count). The molecule has 0 unspecified atom stereocenters. The van der Waals surface area contributed by atoms with Crippen LogP contribution in [-0.2, 0) is 43.0 Å². The number of aromatic carboxylic acids is 2. The highest BCUT2D eigenvalue weighted by atomic mass is 32.2. The highest BCUT2D eigenvalue weighted by Gasteiger charge is 2.51. The van der Waals surface area contributed by atoms with Crippen LogP contribution in [0.3, 0.4) is 0 Å². The number of sulfone groups is 1. The zero-order valence-corrected chi connectivity index (χ0v) is 28.9. The van der Waals surface area contributed by atoms with Crippen LogP contribution in [0.25, 0.3) is 0 Å². The number of carboxylic acids is 2. The van der Waals surface area contributed by atoms with E-state index in [1.807, 2.05) is 0 Å². The Morgan fingerprint density at radius 2 is 0.980 bits per heavy atom. The number of carboxylic acid groups (broad SMARTS) is 2. The van der Waals surface area contributed by atoms with Gasteiger partial charge < -0.3 is 10.2 Å². The molecule has 0 aliphatic carbocycles. The highest BCUT2D eigenvalue weighted by Crippen LogP contribution is 2.35. The van der Waals surface area contributed by atoms with E-state index in [1.165, 1.54) is 38.1 Å². The Morgan fingerprint density at radius 1 is 0.633 bits per heavy atom. The molecule has 15 heteroatoms. The maximum atomic E-state index is 14.7. The SMILES string of the molecule is Cc1ccc(C(=O)O)cc1S(=O)(=O)N(Cc1ccccc1)[C@H]1CS(=O)(=O)C[C@@H]1N(Cc1ccccc1)S(=O)(=O)c1cc(C(=O)O)ccc1C. The van der Waals surface area contributed by atoms with E-state index in [1.54, 1.807) is 60.7 Å². The van der Waals surface area contributed by atoms with E-state index in [0.717, 1.165) is 20.7 Å². The topological polar surface area (TPSA) is 183 Å². The summed E-state index contributed by atoms with van der Waals surface area (Å²) in [6.07, 6.45) is 0. The maximum absolute atomic E-state index is 14.7. The van der Waals surface area contributed by atoms with Gasteiger partial charge in [0.2, 0.25) is 20.0 Å². The van der Waals surface area contributed by atoms with E-state index in [9.17, 15) is 45.1 Å². The Labute approximate surface area is 285 Å². The van der Waals surface area contributed by atoms with E-state index in [0.29, 0.717) is 11.1 Å². The Morgan fingerprint density at radius 3 is 1.31 bits per heavy atom. The number of carbonyl (C=O) groups is 2. The number of aryl methyl sites for hydroxylation is 2. The van der Waals surface area contributed by atoms with Crippen LogP contribution in [0.4, 0.5) is 0 Å². The van der Waals surface area contributed by atoms with E-state index >= 15 is 0 Å². The summed E-state index contributed by atoms with van der Waals surface area (Å²) in [7, 11) is -13.4. The number of hydrogen-bond donors (Lipinski definition) is 2. The number of rotatable bonds is 12. The molecule has 1 heterocycles. The first-order valence-corrected chi connectivity index (χ1v) is 19.7. The zero-order valence-electron chi connectivity index (χ0n) is 26.5. The second-order valence-corrected chi connectivity index (χ2v) is 17.7. The normalized spacial score (nSPS) is 17.7. The second kappa shape index (κ2) is 13.8. The van der Waals surface area contributed by atoms with Gasteiger partial charge in [-0.15, -0.1) is 0 Å². The van der Waals surface area contributed by atoms with Gasteiger partial charge in [0, 0.05) is 13.1 Å². The molecule has 2 atom stereocenters. The lowest BCUT2D eigenvalue weighted by atomic mass is 10.1. The van der Waals surface area contributed by atoms with Gasteiger partial charge in [0.25, 0.3) is 0 Å². The Balaban J connectivity index is 1.74. The van der Waals surface area contributed by atoms with Crippen LogP contribution >= 0.6 is 0 Å². The predicted octanol–water partition coefficient (Wildman–Crippen LogP) is 3.95. The molecule has 0 aromatic heterocycles. The summed E-state index contributed by atoms with van der Waals surface area (Å²) >= 11 is 0. The lowest BCUT2D eigenvalue weighted by Gasteiger charge is -2.37. The summed E-state index contributed by atoms with van der Waals surface area (Å²) < 4.78 is 87.5. The summed E-state index contributed by atoms with van der Waals surface area (Å²) in [4.78, 5) is 23.0. The van der Waals surface area contributed by atoms with Crippen molar-refractivity contribution < 1.29 is 45.1 Å². The largest absolute Gasteiger partial charge is 0.478 e. The second-order valence-electron chi connectivity index (χ2n) is 11.9. The molecule has 1 saturated heterocycles. The van der Waals surface area contributed by atoms with Crippen molar-refractivity contribution >= 4 is 41.8 Å². The molecule has 258 valence electrons. The van der Waals surface area contributed by atoms with Gasteiger partial charge >= 0.3 is 11.9 Å². The van der Waals surface area contributed by atoms with Crippen LogP contribution < -0.4 is 0 Å². The van der Waals surface area contributed by atoms with Gasteiger partial charge in [-0.05, 0) is 60.4 Å². The third kappa shape index (κ3) is 7.60. The summed E-state index contributed by atoms with van der Waals surface area (Å²) in [6.45, 7) is 2.24. The fraction of sp³-hybridized carbons (Fsp3) is 0.235. The van der Waals surface area contributed by atoms with Crippen LogP contribution in [0.5, 0.6) is 0 Å². The molecule has 4 aromatic carbocycles. The van der Waals surface area contributed by atoms with E-state index in [4.69, 9.17) is 0 Å². The molecule has 49 heavy (non-hydrogen) atoms. The molecule has 1 fully saturated rings. The van der Waals surface area contributed by atoms with Crippen molar-refractivity contribution in [3.63, 3.8) is 0 Å². The van der Waals surface area contributed by atoms with Crippen molar-refractivity contribution in [1.29, 1.82) is 0 Å². The third-order valence-corrected chi connectivity index (χ3v) is 14.2. The minimum absolute atomic E-state index is 0.204. The van der Waals surface area contributed by atoms with Crippen LogP contribution in [0.2, 0.25) is 0 Å². The van der Waals surface area contributed by atoms with Crippen molar-refractivity contribution in [2.45, 2.75) is 48.8 Å². The number of benzene rings is 4. The van der Waals surface area contributed by atoms with Crippen molar-refractivity contribution in [2.24, 2.45) is 0 Å². The van der Waals surface area contributed by atoms with Crippen LogP contribution in [0, 0.1) is 13.8 Å². The van der Waals surface area contributed by atoms with Crippen molar-refractivity contribution in [2.75, 3.05) is 11.5 Å². The molecule has 2 N–H and O–H groups in total. The molecule has 0 saturated carbocycles. The average Bonchev–Trinajstić information content (AvgIpc) is 3.37. The number of sulfonamides is 2. The lowest BCUT2D eigenvalue weighted by molar-refractivity contribution is 0.0685. The quantitative estimate of drug-likeness (QED) is 0.217. The van der Waals surface area contributed by atoms with E-state index in [2.05, 4.69) is 0 Å². The van der Waals surface area contributed by atoms with E-state index in [-0.39, 0.29) is 45.1 Å². The third-order valence-electron chi connectivity index (χ3n) is 8.44. The summed E-state index contributed by atoms with van der Waals surface area (Å²) in [5.41, 5.74) is 0.751. The fourth-order valence-electron chi connectivity index (χ4n) is 5.92. The van der Waals surface area contributed by atoms with E-state index < -0.39 is 65.4 Å². The summed E-state index contributed by atoms with van der Waals surface area (Å²) in [5.74, 6) is -4.19. The maximum Gasteiger partial charge on any atom is 0.335 e. The van der Waals surface area contributed by atoms with Crippen molar-refractivity contribution in [1.82, 2.24) is 8.61 Å². The molecule has 0 spiro atoms. The van der Waals surface area contributed by atoms with Gasteiger partial charge in [0.05, 0.1) is 44.5 Å². The molecule has 0 radical (unpaired) electrons. The molecule has 0 bridgehead atoms. The average molecular weight is 727 g/mol. The predicted molar refractivity (Wildman–Crippen MR) is 181 cm³/mol. The van der Waals surface area contributed by atoms with Gasteiger partial charge in [-0.25, -0.2) is 34.8 Å². The Kier molecular flexibility index (Phi) is 10.1. The molecular formula is C34H34N2O10S3. The first-order valence-electron chi connectivity index (χ1n) is 15.0. The minimum atomic E-state index is -4.69. The molecule has 12 nitrogen and oxygen atoms in total. The van der Waals surface area contributed by atoms with Crippen LogP contribution in [0.1, 0.15) is 43.0 Å². The standard InChI is InChI=1S/C34H34N2O10S3/c1-23-13-15-27(33(37)38)17-31(23)48(43,44)35(19-25-9-5-3-6-10-25)29-21-47(41,42)22-30(29)36(20-26-11-7-4-8-12-26)49(45,46)32-18-28(34(39)40)16-14-24(32)2/h3-18,29-30H,19-22H2,1-2H3,(H,37,38)(H,39,40)/t29-,30-/m0/s1. The van der Waals surface area contributed by atoms with Crippen molar-refractivity contribution in [3.8, 4) is 0 Å². The first kappa shape index (κ1) is 35.9. The highest BCUT2D eigenvalue weighted by molar-refractivity contribution is 7.92. The smallest absolute Gasteiger partial charge is 0.335 e. The number of hydrogen-bond acceptors (Lipinski definition) is 8. The molecule has 0 amide bonds. The van der Waals surface area contributed by atoms with Gasteiger partial charge in [-0.1, -0.05) is 72.8 Å². The summed E-state index contributed by atoms with van der Waals surface area (Å²) in [6, 6.07) is 20.9. The van der Waals surface area contributed by atoms with Crippen molar-refractivity contribution in [3.05, 3.63) is 130 Å². The van der Waals surface area contributed by atoms with Gasteiger partial charge in [-0.2, -0.15) is 8.61 Å². The lowest BCUT2D eigenvalue weighted by Crippen LogP contribution is -2.54. The monoisotopic (exact) mass is 726 g/mol. The van der Waals surface area contributed by atoms with Gasteiger partial charge in [0.1, 0.15) is 0 Å². The number of nitrogens with zero attached hydrogens (tertiary/aromatic N) is 2. The first-order chi connectivity index (χ1) is 23.0. The molecule has 1 aliphatic rings. The molecule has 4 aromatic rings. The van der Waals surface area contributed by atoms with Gasteiger partial charge in [-0.3, -0.25) is 0 Å². The Bertz CT molecular complexity index is 2070. The molecule has 1 aliphatic heterocycles.